The van der Waals surface area contributed by atoms with Gasteiger partial charge in [-0.2, -0.15) is 0 Å². The molecule has 2 unspecified atom stereocenters. The van der Waals surface area contributed by atoms with Gasteiger partial charge >= 0.3 is 0 Å². The van der Waals surface area contributed by atoms with Crippen molar-refractivity contribution in [1.29, 1.82) is 0 Å². The molecule has 4 nitrogen and oxygen atoms in total. The first-order chi connectivity index (χ1) is 9.10. The van der Waals surface area contributed by atoms with Crippen LogP contribution in [0.15, 0.2) is 24.3 Å². The van der Waals surface area contributed by atoms with Gasteiger partial charge in [-0.15, -0.1) is 0 Å². The number of hydrogen-bond acceptors (Lipinski definition) is 4. The normalized spacial score (nSPS) is 23.7. The van der Waals surface area contributed by atoms with Gasteiger partial charge < -0.3 is 20.1 Å². The van der Waals surface area contributed by atoms with Crippen LogP contribution < -0.4 is 15.0 Å². The fourth-order valence-corrected chi connectivity index (χ4v) is 2.40. The highest BCUT2D eigenvalue weighted by Gasteiger charge is 2.24. The Labute approximate surface area is 115 Å². The zero-order chi connectivity index (χ0) is 13.8. The minimum Gasteiger partial charge on any atom is -0.491 e. The van der Waals surface area contributed by atoms with Crippen LogP contribution in [-0.4, -0.2) is 43.0 Å². The van der Waals surface area contributed by atoms with Gasteiger partial charge in [-0.25, -0.2) is 0 Å². The van der Waals surface area contributed by atoms with Gasteiger partial charge in [-0.1, -0.05) is 0 Å². The Bertz CT molecular complexity index is 392. The number of nitrogens with zero attached hydrogens (tertiary/aromatic N) is 1. The molecule has 0 aromatic heterocycles. The first-order valence-electron chi connectivity index (χ1n) is 6.97. The molecule has 0 saturated carbocycles. The lowest BCUT2D eigenvalue weighted by Crippen LogP contribution is -2.56. The van der Waals surface area contributed by atoms with Crippen LogP contribution in [0.4, 0.5) is 5.69 Å². The summed E-state index contributed by atoms with van der Waals surface area (Å²) < 4.78 is 5.65. The van der Waals surface area contributed by atoms with Gasteiger partial charge in [-0.05, 0) is 45.0 Å². The Morgan fingerprint density at radius 1 is 1.37 bits per heavy atom. The van der Waals surface area contributed by atoms with Crippen LogP contribution in [0, 0.1) is 0 Å². The predicted octanol–water partition coefficient (Wildman–Crippen LogP) is 1.63. The van der Waals surface area contributed by atoms with Crippen LogP contribution in [0.25, 0.3) is 0 Å². The summed E-state index contributed by atoms with van der Waals surface area (Å²) in [6, 6.07) is 8.79. The van der Waals surface area contributed by atoms with E-state index in [1.165, 1.54) is 5.69 Å². The SMILES string of the molecule is CC(C)Oc1ccc(N2CC(CO)NCC2C)cc1. The first-order valence-corrected chi connectivity index (χ1v) is 6.97. The number of benzene rings is 1. The molecule has 1 aliphatic heterocycles. The van der Waals surface area contributed by atoms with E-state index in [1.807, 2.05) is 26.0 Å². The summed E-state index contributed by atoms with van der Waals surface area (Å²) in [6.45, 7) is 8.16. The lowest BCUT2D eigenvalue weighted by Gasteiger charge is -2.39. The average Bonchev–Trinajstić information content (AvgIpc) is 2.40. The standard InChI is InChI=1S/C15H24N2O2/c1-11(2)19-15-6-4-14(5-7-15)17-9-13(10-18)16-8-12(17)3/h4-7,11-13,16,18H,8-10H2,1-3H3. The first kappa shape index (κ1) is 14.2. The number of hydrogen-bond donors (Lipinski definition) is 2. The molecule has 1 aromatic carbocycles. The average molecular weight is 264 g/mol. The highest BCUT2D eigenvalue weighted by atomic mass is 16.5. The van der Waals surface area contributed by atoms with Crippen LogP contribution in [-0.2, 0) is 0 Å². The van der Waals surface area contributed by atoms with Gasteiger partial charge in [-0.3, -0.25) is 0 Å². The van der Waals surface area contributed by atoms with Crippen LogP contribution in [0.5, 0.6) is 5.75 Å². The summed E-state index contributed by atoms with van der Waals surface area (Å²) in [5.41, 5.74) is 1.18. The highest BCUT2D eigenvalue weighted by Crippen LogP contribution is 2.23. The molecule has 1 heterocycles. The van der Waals surface area contributed by atoms with E-state index in [2.05, 4.69) is 29.3 Å². The van der Waals surface area contributed by atoms with E-state index in [1.54, 1.807) is 0 Å². The summed E-state index contributed by atoms with van der Waals surface area (Å²) in [4.78, 5) is 2.33. The molecule has 1 saturated heterocycles. The molecule has 0 aliphatic carbocycles. The Hall–Kier alpha value is -1.26. The van der Waals surface area contributed by atoms with Gasteiger partial charge in [0.1, 0.15) is 5.75 Å². The zero-order valence-electron chi connectivity index (χ0n) is 12.0. The van der Waals surface area contributed by atoms with E-state index in [-0.39, 0.29) is 18.8 Å². The Balaban J connectivity index is 2.07. The molecular formula is C15H24N2O2. The van der Waals surface area contributed by atoms with Gasteiger partial charge in [0.15, 0.2) is 0 Å². The van der Waals surface area contributed by atoms with Crippen LogP contribution in [0.1, 0.15) is 20.8 Å². The number of piperazine rings is 1. The number of rotatable bonds is 4. The van der Waals surface area contributed by atoms with Crippen LogP contribution >= 0.6 is 0 Å². The molecule has 4 heteroatoms. The fraction of sp³-hybridized carbons (Fsp3) is 0.600. The number of nitrogens with one attached hydrogen (secondary N) is 1. The number of aliphatic hydroxyl groups is 1. The molecule has 19 heavy (non-hydrogen) atoms. The predicted molar refractivity (Wildman–Crippen MR) is 77.9 cm³/mol. The van der Waals surface area contributed by atoms with E-state index < -0.39 is 0 Å². The van der Waals surface area contributed by atoms with E-state index in [9.17, 15) is 5.11 Å². The second-order valence-electron chi connectivity index (χ2n) is 5.45. The summed E-state index contributed by atoms with van der Waals surface area (Å²) in [5.74, 6) is 0.903. The van der Waals surface area contributed by atoms with Crippen molar-refractivity contribution < 1.29 is 9.84 Å². The summed E-state index contributed by atoms with van der Waals surface area (Å²) >= 11 is 0. The van der Waals surface area contributed by atoms with Gasteiger partial charge in [0.25, 0.3) is 0 Å². The maximum Gasteiger partial charge on any atom is 0.119 e. The van der Waals surface area contributed by atoms with E-state index in [4.69, 9.17) is 4.74 Å². The van der Waals surface area contributed by atoms with Crippen molar-refractivity contribution in [3.63, 3.8) is 0 Å². The third-order valence-electron chi connectivity index (χ3n) is 3.41. The van der Waals surface area contributed by atoms with Crippen molar-refractivity contribution >= 4 is 5.69 Å². The topological polar surface area (TPSA) is 44.7 Å². The molecule has 0 radical (unpaired) electrons. The summed E-state index contributed by atoms with van der Waals surface area (Å²) in [5, 5.41) is 12.6. The minimum absolute atomic E-state index is 0.155. The Morgan fingerprint density at radius 2 is 2.05 bits per heavy atom. The molecular weight excluding hydrogens is 240 g/mol. The zero-order valence-corrected chi connectivity index (χ0v) is 12.0. The Morgan fingerprint density at radius 3 is 2.63 bits per heavy atom. The molecule has 1 aromatic rings. The van der Waals surface area contributed by atoms with Crippen molar-refractivity contribution in [2.45, 2.75) is 39.0 Å². The maximum absolute atomic E-state index is 9.28. The lowest BCUT2D eigenvalue weighted by atomic mass is 10.1. The molecule has 0 spiro atoms. The van der Waals surface area contributed by atoms with Crippen LogP contribution in [0.3, 0.4) is 0 Å². The summed E-state index contributed by atoms with van der Waals surface area (Å²) in [6.07, 6.45) is 0.197. The number of aliphatic hydroxyl groups excluding tert-OH is 1. The van der Waals surface area contributed by atoms with Crippen molar-refractivity contribution in [3.05, 3.63) is 24.3 Å². The van der Waals surface area contributed by atoms with E-state index in [0.717, 1.165) is 18.8 Å². The minimum atomic E-state index is 0.155. The van der Waals surface area contributed by atoms with Gasteiger partial charge in [0.2, 0.25) is 0 Å². The fourth-order valence-electron chi connectivity index (χ4n) is 2.40. The lowest BCUT2D eigenvalue weighted by molar-refractivity contribution is 0.227. The van der Waals surface area contributed by atoms with Crippen molar-refractivity contribution in [1.82, 2.24) is 5.32 Å². The molecule has 0 amide bonds. The Kier molecular flexibility index (Phi) is 4.66. The molecule has 1 fully saturated rings. The number of anilines is 1. The molecule has 0 bridgehead atoms. The van der Waals surface area contributed by atoms with Crippen molar-refractivity contribution in [2.24, 2.45) is 0 Å². The maximum atomic E-state index is 9.28. The highest BCUT2D eigenvalue weighted by molar-refractivity contribution is 5.50. The van der Waals surface area contributed by atoms with Crippen LogP contribution in [0.2, 0.25) is 0 Å². The van der Waals surface area contributed by atoms with Crippen molar-refractivity contribution in [2.75, 3.05) is 24.6 Å². The molecule has 2 N–H and O–H groups in total. The molecule has 2 rings (SSSR count). The smallest absolute Gasteiger partial charge is 0.119 e. The third-order valence-corrected chi connectivity index (χ3v) is 3.41. The quantitative estimate of drug-likeness (QED) is 0.867. The third kappa shape index (κ3) is 3.61. The molecule has 106 valence electrons. The monoisotopic (exact) mass is 264 g/mol. The van der Waals surface area contributed by atoms with E-state index in [0.29, 0.717) is 6.04 Å². The molecule has 2 atom stereocenters. The van der Waals surface area contributed by atoms with Crippen molar-refractivity contribution in [3.8, 4) is 5.75 Å². The van der Waals surface area contributed by atoms with E-state index >= 15 is 0 Å². The largest absolute Gasteiger partial charge is 0.491 e. The van der Waals surface area contributed by atoms with Gasteiger partial charge in [0.05, 0.1) is 12.7 Å². The summed E-state index contributed by atoms with van der Waals surface area (Å²) in [7, 11) is 0. The number of ether oxygens (including phenoxy) is 1. The second-order valence-corrected chi connectivity index (χ2v) is 5.45. The second kappa shape index (κ2) is 6.26. The molecule has 1 aliphatic rings. The van der Waals surface area contributed by atoms with Gasteiger partial charge in [0, 0.05) is 30.9 Å².